The Bertz CT molecular complexity index is 1130. The minimum absolute atomic E-state index is 0.136. The molecule has 1 aliphatic rings. The molecule has 1 fully saturated rings. The number of esters is 1. The van der Waals surface area contributed by atoms with Crippen LogP contribution in [0.2, 0.25) is 0 Å². The van der Waals surface area contributed by atoms with Gasteiger partial charge < -0.3 is 9.15 Å². The van der Waals surface area contributed by atoms with Gasteiger partial charge in [-0.1, -0.05) is 18.6 Å². The van der Waals surface area contributed by atoms with E-state index in [-0.39, 0.29) is 23.0 Å². The average Bonchev–Trinajstić information content (AvgIpc) is 3.45. The van der Waals surface area contributed by atoms with Crippen molar-refractivity contribution in [3.8, 4) is 10.8 Å². The van der Waals surface area contributed by atoms with E-state index in [9.17, 15) is 13.2 Å². The highest BCUT2D eigenvalue weighted by Crippen LogP contribution is 2.25. The Hall–Kier alpha value is -2.56. The molecule has 0 atom stereocenters. The van der Waals surface area contributed by atoms with Crippen molar-refractivity contribution in [2.75, 3.05) is 13.1 Å². The van der Waals surface area contributed by atoms with E-state index in [1.807, 2.05) is 17.5 Å². The maximum Gasteiger partial charge on any atom is 0.338 e. The SMILES string of the molecule is Cc1ccc(C(=O)OCc2nnc(-c3cccs3)o2)cc1S(=O)(=O)N1CCCCC1. The number of hydrogen-bond acceptors (Lipinski definition) is 8. The number of thiophene rings is 1. The number of carbonyl (C=O) groups excluding carboxylic acids is 1. The molecule has 0 N–H and O–H groups in total. The number of carbonyl (C=O) groups is 1. The van der Waals surface area contributed by atoms with Crippen LogP contribution in [0.5, 0.6) is 0 Å². The number of aromatic nitrogens is 2. The molecular formula is C20H21N3O5S2. The average molecular weight is 448 g/mol. The molecule has 0 spiro atoms. The van der Waals surface area contributed by atoms with Crippen LogP contribution in [-0.4, -0.2) is 42.0 Å². The lowest BCUT2D eigenvalue weighted by atomic mass is 10.1. The Balaban J connectivity index is 1.47. The van der Waals surface area contributed by atoms with E-state index in [0.29, 0.717) is 24.5 Å². The fourth-order valence-electron chi connectivity index (χ4n) is 3.27. The van der Waals surface area contributed by atoms with E-state index in [0.717, 1.165) is 24.1 Å². The third kappa shape index (κ3) is 4.30. The van der Waals surface area contributed by atoms with Crippen molar-refractivity contribution in [1.82, 2.24) is 14.5 Å². The molecule has 0 saturated carbocycles. The van der Waals surface area contributed by atoms with Crippen LogP contribution >= 0.6 is 11.3 Å². The Labute approximate surface area is 178 Å². The van der Waals surface area contributed by atoms with Crippen LogP contribution in [0.4, 0.5) is 0 Å². The molecule has 3 aromatic rings. The Morgan fingerprint density at radius 3 is 2.73 bits per heavy atom. The Kier molecular flexibility index (Phi) is 5.98. The number of benzene rings is 1. The fourth-order valence-corrected chi connectivity index (χ4v) is 5.68. The summed E-state index contributed by atoms with van der Waals surface area (Å²) in [5.74, 6) is -0.123. The van der Waals surface area contributed by atoms with Crippen LogP contribution in [-0.2, 0) is 21.4 Å². The number of piperidine rings is 1. The lowest BCUT2D eigenvalue weighted by Gasteiger charge is -2.26. The van der Waals surface area contributed by atoms with Crippen LogP contribution in [0.25, 0.3) is 10.8 Å². The quantitative estimate of drug-likeness (QED) is 0.532. The van der Waals surface area contributed by atoms with Crippen molar-refractivity contribution in [1.29, 1.82) is 0 Å². The predicted molar refractivity (Wildman–Crippen MR) is 111 cm³/mol. The van der Waals surface area contributed by atoms with Gasteiger partial charge in [-0.15, -0.1) is 21.5 Å². The van der Waals surface area contributed by atoms with Gasteiger partial charge in [0.15, 0.2) is 6.61 Å². The fraction of sp³-hybridized carbons (Fsp3) is 0.350. The van der Waals surface area contributed by atoms with Gasteiger partial charge in [-0.3, -0.25) is 0 Å². The van der Waals surface area contributed by atoms with E-state index in [1.165, 1.54) is 21.7 Å². The molecule has 8 nitrogen and oxygen atoms in total. The molecule has 0 amide bonds. The van der Waals surface area contributed by atoms with Crippen LogP contribution in [0.1, 0.15) is 41.1 Å². The standard InChI is InChI=1S/C20H21N3O5S2/c1-14-7-8-15(12-17(14)30(25,26)23-9-3-2-4-10-23)20(24)27-13-18-21-22-19(28-18)16-6-5-11-29-16/h5-8,11-12H,2-4,9-10,13H2,1H3. The second-order valence-corrected chi connectivity index (χ2v) is 9.85. The van der Waals surface area contributed by atoms with Crippen molar-refractivity contribution < 1.29 is 22.4 Å². The zero-order valence-electron chi connectivity index (χ0n) is 16.4. The van der Waals surface area contributed by atoms with Gasteiger partial charge in [-0.2, -0.15) is 4.31 Å². The first-order valence-corrected chi connectivity index (χ1v) is 11.9. The molecule has 158 valence electrons. The summed E-state index contributed by atoms with van der Waals surface area (Å²) in [4.78, 5) is 13.5. The second kappa shape index (κ2) is 8.66. The summed E-state index contributed by atoms with van der Waals surface area (Å²) in [5.41, 5.74) is 0.754. The summed E-state index contributed by atoms with van der Waals surface area (Å²) in [6.45, 7) is 2.52. The van der Waals surface area contributed by atoms with Crippen molar-refractivity contribution in [2.45, 2.75) is 37.7 Å². The van der Waals surface area contributed by atoms with Gasteiger partial charge in [0, 0.05) is 13.1 Å². The summed E-state index contributed by atoms with van der Waals surface area (Å²) in [7, 11) is -3.65. The number of sulfonamides is 1. The number of nitrogens with zero attached hydrogens (tertiary/aromatic N) is 3. The van der Waals surface area contributed by atoms with Crippen LogP contribution in [0, 0.1) is 6.92 Å². The van der Waals surface area contributed by atoms with E-state index < -0.39 is 16.0 Å². The van der Waals surface area contributed by atoms with Gasteiger partial charge in [-0.25, -0.2) is 13.2 Å². The third-order valence-corrected chi connectivity index (χ3v) is 7.78. The molecule has 0 radical (unpaired) electrons. The lowest BCUT2D eigenvalue weighted by molar-refractivity contribution is 0.0438. The molecule has 3 heterocycles. The molecule has 0 unspecified atom stereocenters. The third-order valence-electron chi connectivity index (χ3n) is 4.88. The summed E-state index contributed by atoms with van der Waals surface area (Å²) < 4.78 is 38.3. The number of hydrogen-bond donors (Lipinski definition) is 0. The number of rotatable bonds is 6. The zero-order chi connectivity index (χ0) is 21.1. The maximum atomic E-state index is 13.0. The molecule has 0 bridgehead atoms. The molecule has 30 heavy (non-hydrogen) atoms. The first kappa shape index (κ1) is 20.7. The molecular weight excluding hydrogens is 426 g/mol. The van der Waals surface area contributed by atoms with E-state index in [2.05, 4.69) is 10.2 Å². The molecule has 10 heteroatoms. The normalized spacial score (nSPS) is 15.2. The van der Waals surface area contributed by atoms with Crippen LogP contribution in [0.15, 0.2) is 45.0 Å². The predicted octanol–water partition coefficient (Wildman–Crippen LogP) is 3.64. The van der Waals surface area contributed by atoms with Gasteiger partial charge in [-0.05, 0) is 48.9 Å². The molecule has 1 saturated heterocycles. The number of aryl methyl sites for hydroxylation is 1. The highest BCUT2D eigenvalue weighted by molar-refractivity contribution is 7.89. The Morgan fingerprint density at radius 1 is 1.20 bits per heavy atom. The van der Waals surface area contributed by atoms with Crippen molar-refractivity contribution >= 4 is 27.3 Å². The number of ether oxygens (including phenoxy) is 1. The summed E-state index contributed by atoms with van der Waals surface area (Å²) in [5, 5.41) is 9.71. The highest BCUT2D eigenvalue weighted by atomic mass is 32.2. The van der Waals surface area contributed by atoms with Crippen LogP contribution < -0.4 is 0 Å². The summed E-state index contributed by atoms with van der Waals surface area (Å²) >= 11 is 1.46. The molecule has 2 aromatic heterocycles. The zero-order valence-corrected chi connectivity index (χ0v) is 18.0. The van der Waals surface area contributed by atoms with Crippen molar-refractivity contribution in [3.05, 3.63) is 52.7 Å². The second-order valence-electron chi connectivity index (χ2n) is 7.00. The van der Waals surface area contributed by atoms with Crippen LogP contribution in [0.3, 0.4) is 0 Å². The van der Waals surface area contributed by atoms with Gasteiger partial charge in [0.2, 0.25) is 10.0 Å². The van der Waals surface area contributed by atoms with E-state index in [4.69, 9.17) is 9.15 Å². The highest BCUT2D eigenvalue weighted by Gasteiger charge is 2.28. The molecule has 1 aromatic carbocycles. The smallest absolute Gasteiger partial charge is 0.338 e. The molecule has 4 rings (SSSR count). The van der Waals surface area contributed by atoms with E-state index >= 15 is 0 Å². The maximum absolute atomic E-state index is 13.0. The molecule has 0 aliphatic carbocycles. The van der Waals surface area contributed by atoms with Gasteiger partial charge in [0.05, 0.1) is 15.3 Å². The summed E-state index contributed by atoms with van der Waals surface area (Å²) in [6, 6.07) is 8.28. The largest absolute Gasteiger partial charge is 0.452 e. The first-order valence-electron chi connectivity index (χ1n) is 9.59. The summed E-state index contributed by atoms with van der Waals surface area (Å²) in [6.07, 6.45) is 2.72. The monoisotopic (exact) mass is 447 g/mol. The molecule has 1 aliphatic heterocycles. The van der Waals surface area contributed by atoms with Gasteiger partial charge in [0.1, 0.15) is 0 Å². The van der Waals surface area contributed by atoms with Crippen molar-refractivity contribution in [3.63, 3.8) is 0 Å². The topological polar surface area (TPSA) is 103 Å². The lowest BCUT2D eigenvalue weighted by Crippen LogP contribution is -2.36. The van der Waals surface area contributed by atoms with Gasteiger partial charge >= 0.3 is 5.97 Å². The minimum Gasteiger partial charge on any atom is -0.452 e. The van der Waals surface area contributed by atoms with Gasteiger partial charge in [0.25, 0.3) is 11.8 Å². The minimum atomic E-state index is -3.65. The first-order chi connectivity index (χ1) is 14.4. The van der Waals surface area contributed by atoms with Crippen molar-refractivity contribution in [2.24, 2.45) is 0 Å². The van der Waals surface area contributed by atoms with E-state index in [1.54, 1.807) is 19.1 Å². The Morgan fingerprint density at radius 2 is 2.00 bits per heavy atom.